The topological polar surface area (TPSA) is 65.3 Å². The van der Waals surface area contributed by atoms with Crippen LogP contribution < -0.4 is 9.80 Å². The van der Waals surface area contributed by atoms with Crippen LogP contribution >= 0.6 is 23.8 Å². The van der Waals surface area contributed by atoms with Crippen LogP contribution in [0.3, 0.4) is 0 Å². The zero-order chi connectivity index (χ0) is 26.6. The molecule has 0 bridgehead atoms. The second-order valence-electron chi connectivity index (χ2n) is 9.42. The zero-order valence-corrected chi connectivity index (χ0v) is 21.9. The monoisotopic (exact) mass is 528 g/mol. The van der Waals surface area contributed by atoms with E-state index in [-0.39, 0.29) is 29.4 Å². The Hall–Kier alpha value is -4.06. The fourth-order valence-electron chi connectivity index (χ4n) is 4.72. The Labute approximate surface area is 224 Å². The molecule has 0 aliphatic carbocycles. The van der Waals surface area contributed by atoms with Gasteiger partial charge in [-0.25, -0.2) is 4.85 Å². The van der Waals surface area contributed by atoms with E-state index in [2.05, 4.69) is 4.85 Å². The van der Waals surface area contributed by atoms with E-state index >= 15 is 0 Å². The van der Waals surface area contributed by atoms with E-state index in [9.17, 15) is 14.4 Å². The number of hydrogen-bond acceptors (Lipinski definition) is 4. The van der Waals surface area contributed by atoms with Gasteiger partial charge in [0.1, 0.15) is 5.54 Å². The largest absolute Gasteiger partial charge is 0.303 e. The van der Waals surface area contributed by atoms with Crippen LogP contribution in [-0.2, 0) is 11.3 Å². The maximum absolute atomic E-state index is 13.5. The highest BCUT2D eigenvalue weighted by molar-refractivity contribution is 7.81. The van der Waals surface area contributed by atoms with Gasteiger partial charge in [0.25, 0.3) is 17.7 Å². The molecule has 9 heteroatoms. The number of amides is 3. The number of benzene rings is 3. The van der Waals surface area contributed by atoms with Crippen molar-refractivity contribution in [2.24, 2.45) is 0 Å². The van der Waals surface area contributed by atoms with Crippen molar-refractivity contribution < 1.29 is 14.4 Å². The van der Waals surface area contributed by atoms with Crippen molar-refractivity contribution in [1.82, 2.24) is 4.90 Å². The van der Waals surface area contributed by atoms with Gasteiger partial charge in [-0.15, -0.1) is 0 Å². The van der Waals surface area contributed by atoms with E-state index < -0.39 is 5.54 Å². The summed E-state index contributed by atoms with van der Waals surface area (Å²) in [4.78, 5) is 46.9. The Kier molecular flexibility index (Phi) is 5.86. The average Bonchev–Trinajstić information content (AvgIpc) is 3.21. The Morgan fingerprint density at radius 3 is 2.14 bits per heavy atom. The van der Waals surface area contributed by atoms with E-state index in [1.807, 2.05) is 6.92 Å². The van der Waals surface area contributed by atoms with Gasteiger partial charge in [-0.3, -0.25) is 24.2 Å². The molecule has 0 atom stereocenters. The number of hydrogen-bond donors (Lipinski definition) is 0. The molecule has 5 rings (SSSR count). The van der Waals surface area contributed by atoms with Crippen LogP contribution in [0.4, 0.5) is 17.1 Å². The van der Waals surface area contributed by atoms with E-state index in [4.69, 9.17) is 30.4 Å². The van der Waals surface area contributed by atoms with Crippen LogP contribution in [0.2, 0.25) is 5.02 Å². The van der Waals surface area contributed by atoms with Crippen molar-refractivity contribution in [3.63, 3.8) is 0 Å². The molecule has 0 unspecified atom stereocenters. The molecule has 0 spiro atoms. The van der Waals surface area contributed by atoms with Gasteiger partial charge in [0.2, 0.25) is 0 Å². The molecule has 3 aromatic carbocycles. The summed E-state index contributed by atoms with van der Waals surface area (Å²) in [6.45, 7) is 12.7. The maximum Gasteiger partial charge on any atom is 0.261 e. The second kappa shape index (κ2) is 8.80. The molecule has 0 saturated carbocycles. The normalized spacial score (nSPS) is 16.5. The van der Waals surface area contributed by atoms with Crippen LogP contribution in [0.5, 0.6) is 0 Å². The lowest BCUT2D eigenvalue weighted by atomic mass is 10.0. The van der Waals surface area contributed by atoms with Crippen LogP contribution in [0.1, 0.15) is 45.7 Å². The Balaban J connectivity index is 1.44. The van der Waals surface area contributed by atoms with Crippen molar-refractivity contribution in [3.05, 3.63) is 99.4 Å². The first-order chi connectivity index (χ1) is 17.6. The maximum atomic E-state index is 13.5. The highest BCUT2D eigenvalue weighted by atomic mass is 35.5. The smallest absolute Gasteiger partial charge is 0.261 e. The number of nitrogens with zero attached hydrogens (tertiary/aromatic N) is 4. The molecule has 3 aromatic rings. The number of carbonyl (C=O) groups excluding carboxylic acids is 3. The summed E-state index contributed by atoms with van der Waals surface area (Å²) in [5.41, 5.74) is 2.80. The zero-order valence-electron chi connectivity index (χ0n) is 20.3. The summed E-state index contributed by atoms with van der Waals surface area (Å²) in [6.07, 6.45) is 0. The van der Waals surface area contributed by atoms with Crippen LogP contribution in [0.25, 0.3) is 4.85 Å². The Bertz CT molecular complexity index is 1540. The minimum Gasteiger partial charge on any atom is -0.303 e. The standard InChI is InChI=1S/C28H21ClN4O3S/c1-16-13-18(11-12-23(16)30-4)32-26(36)28(2,3)33(27(32)37)19-10-9-17(22(29)14-19)15-31-24(34)20-7-5-6-8-21(20)25(31)35/h5-14H,15H2,1-3H3. The lowest BCUT2D eigenvalue weighted by Crippen LogP contribution is -2.44. The summed E-state index contributed by atoms with van der Waals surface area (Å²) in [5, 5.41) is 0.630. The summed E-state index contributed by atoms with van der Waals surface area (Å²) in [5.74, 6) is -0.926. The van der Waals surface area contributed by atoms with E-state index in [0.717, 1.165) is 5.56 Å². The van der Waals surface area contributed by atoms with Gasteiger partial charge in [-0.1, -0.05) is 35.9 Å². The molecular formula is C28H21ClN4O3S. The highest BCUT2D eigenvalue weighted by Gasteiger charge is 2.50. The van der Waals surface area contributed by atoms with Gasteiger partial charge < -0.3 is 4.90 Å². The number of imide groups is 1. The third kappa shape index (κ3) is 3.79. The lowest BCUT2D eigenvalue weighted by Gasteiger charge is -2.30. The number of carbonyl (C=O) groups is 3. The van der Waals surface area contributed by atoms with E-state index in [0.29, 0.717) is 38.8 Å². The highest BCUT2D eigenvalue weighted by Crippen LogP contribution is 2.39. The molecule has 0 N–H and O–H groups in total. The average molecular weight is 529 g/mol. The van der Waals surface area contributed by atoms with Crippen molar-refractivity contribution >= 4 is 63.7 Å². The minimum absolute atomic E-state index is 0.0248. The number of rotatable bonds is 4. The number of anilines is 2. The molecular weight excluding hydrogens is 508 g/mol. The molecule has 7 nitrogen and oxygen atoms in total. The van der Waals surface area contributed by atoms with Crippen LogP contribution in [0.15, 0.2) is 60.7 Å². The molecule has 2 aliphatic heterocycles. The number of halogens is 1. The Morgan fingerprint density at radius 1 is 0.946 bits per heavy atom. The third-order valence-corrected chi connectivity index (χ3v) is 7.45. The van der Waals surface area contributed by atoms with Gasteiger partial charge >= 0.3 is 0 Å². The van der Waals surface area contributed by atoms with Crippen LogP contribution in [-0.4, -0.2) is 33.3 Å². The lowest BCUT2D eigenvalue weighted by molar-refractivity contribution is -0.120. The Morgan fingerprint density at radius 2 is 1.57 bits per heavy atom. The van der Waals surface area contributed by atoms with Gasteiger partial charge in [-0.2, -0.15) is 0 Å². The summed E-state index contributed by atoms with van der Waals surface area (Å²) >= 11 is 12.4. The van der Waals surface area contributed by atoms with Gasteiger partial charge in [0, 0.05) is 16.4 Å². The molecule has 0 aromatic heterocycles. The van der Waals surface area contributed by atoms with Gasteiger partial charge in [-0.05, 0) is 80.5 Å². The fourth-order valence-corrected chi connectivity index (χ4v) is 5.47. The van der Waals surface area contributed by atoms with Crippen molar-refractivity contribution in [2.75, 3.05) is 9.80 Å². The van der Waals surface area contributed by atoms with Crippen molar-refractivity contribution in [2.45, 2.75) is 32.9 Å². The first kappa shape index (κ1) is 24.6. The van der Waals surface area contributed by atoms with Gasteiger partial charge in [0.15, 0.2) is 10.8 Å². The predicted octanol–water partition coefficient (Wildman–Crippen LogP) is 5.91. The summed E-state index contributed by atoms with van der Waals surface area (Å²) < 4.78 is 0. The van der Waals surface area contributed by atoms with E-state index in [1.54, 1.807) is 79.4 Å². The summed E-state index contributed by atoms with van der Waals surface area (Å²) in [6, 6.07) is 17.1. The SMILES string of the molecule is [C-]#[N+]c1ccc(N2C(=O)C(C)(C)N(c3ccc(CN4C(=O)c5ccccc5C4=O)c(Cl)c3)C2=S)cc1C. The summed E-state index contributed by atoms with van der Waals surface area (Å²) in [7, 11) is 0. The number of aryl methyl sites for hydroxylation is 1. The molecule has 2 aliphatic rings. The van der Waals surface area contributed by atoms with E-state index in [1.165, 1.54) is 9.80 Å². The van der Waals surface area contributed by atoms with Crippen LogP contribution in [0, 0.1) is 13.5 Å². The molecule has 184 valence electrons. The van der Waals surface area contributed by atoms with Crippen molar-refractivity contribution in [3.8, 4) is 0 Å². The minimum atomic E-state index is -1.00. The molecule has 37 heavy (non-hydrogen) atoms. The van der Waals surface area contributed by atoms with Crippen molar-refractivity contribution in [1.29, 1.82) is 0 Å². The molecule has 1 fully saturated rings. The molecule has 1 saturated heterocycles. The molecule has 3 amide bonds. The second-order valence-corrected chi connectivity index (χ2v) is 10.2. The molecule has 0 radical (unpaired) electrons. The fraction of sp³-hybridized carbons (Fsp3) is 0.179. The first-order valence-corrected chi connectivity index (χ1v) is 12.3. The quantitative estimate of drug-likeness (QED) is 0.239. The number of thiocarbonyl (C=S) groups is 1. The third-order valence-electron chi connectivity index (χ3n) is 6.73. The number of fused-ring (bicyclic) bond motifs is 1. The first-order valence-electron chi connectivity index (χ1n) is 11.5. The molecule has 2 heterocycles. The predicted molar refractivity (Wildman–Crippen MR) is 146 cm³/mol. The van der Waals surface area contributed by atoms with Gasteiger partial charge in [0.05, 0.1) is 24.2 Å².